The molecule has 0 radical (unpaired) electrons. The fourth-order valence-corrected chi connectivity index (χ4v) is 2.88. The Labute approximate surface area is 140 Å². The topological polar surface area (TPSA) is 92.9 Å². The zero-order valence-electron chi connectivity index (χ0n) is 13.3. The van der Waals surface area contributed by atoms with Crippen LogP contribution in [0.1, 0.15) is 18.7 Å². The van der Waals surface area contributed by atoms with E-state index in [0.29, 0.717) is 36.3 Å². The Morgan fingerprint density at radius 3 is 2.60 bits per heavy atom. The number of aliphatic hydroxyl groups excluding tert-OH is 1. The molecule has 1 aliphatic heterocycles. The van der Waals surface area contributed by atoms with E-state index in [-0.39, 0.29) is 11.6 Å². The van der Waals surface area contributed by atoms with E-state index in [2.05, 4.69) is 20.0 Å². The molecular weight excluding hydrogens is 343 g/mol. The predicted octanol–water partition coefficient (Wildman–Crippen LogP) is 0.893. The van der Waals surface area contributed by atoms with Crippen molar-refractivity contribution in [1.29, 1.82) is 0 Å². The van der Waals surface area contributed by atoms with Crippen LogP contribution in [0.15, 0.2) is 12.1 Å². The molecule has 0 bridgehead atoms. The number of hydrogen-bond acceptors (Lipinski definition) is 7. The van der Waals surface area contributed by atoms with Gasteiger partial charge in [0.05, 0.1) is 7.11 Å². The van der Waals surface area contributed by atoms with Gasteiger partial charge >= 0.3 is 12.1 Å². The van der Waals surface area contributed by atoms with Crippen molar-refractivity contribution < 1.29 is 27.8 Å². The molecule has 1 unspecified atom stereocenters. The molecule has 3 rings (SSSR count). The summed E-state index contributed by atoms with van der Waals surface area (Å²) in [6.45, 7) is 0.890. The van der Waals surface area contributed by atoms with E-state index < -0.39 is 24.1 Å². The van der Waals surface area contributed by atoms with E-state index in [0.717, 1.165) is 0 Å². The number of methoxy groups -OCH3 is 1. The van der Waals surface area contributed by atoms with Crippen LogP contribution in [-0.2, 0) is 15.7 Å². The number of ether oxygens (including phenoxy) is 1. The van der Waals surface area contributed by atoms with Gasteiger partial charge in [0, 0.05) is 13.1 Å². The Bertz CT molecular complexity index is 771. The number of alkyl halides is 3. The van der Waals surface area contributed by atoms with Crippen LogP contribution < -0.4 is 4.90 Å². The third kappa shape index (κ3) is 3.36. The molecule has 25 heavy (non-hydrogen) atoms. The molecule has 0 amide bonds. The fourth-order valence-electron chi connectivity index (χ4n) is 2.88. The van der Waals surface area contributed by atoms with E-state index in [1.165, 1.54) is 13.2 Å². The summed E-state index contributed by atoms with van der Waals surface area (Å²) in [5.74, 6) is -1.77. The second-order valence-corrected chi connectivity index (χ2v) is 5.78. The summed E-state index contributed by atoms with van der Waals surface area (Å²) in [7, 11) is 1.21. The molecule has 0 saturated carbocycles. The van der Waals surface area contributed by atoms with Gasteiger partial charge in [-0.3, -0.25) is 0 Å². The molecule has 2 aromatic heterocycles. The molecule has 0 spiro atoms. The van der Waals surface area contributed by atoms with Crippen LogP contribution in [0.3, 0.4) is 0 Å². The van der Waals surface area contributed by atoms with Crippen LogP contribution in [0.4, 0.5) is 19.0 Å². The van der Waals surface area contributed by atoms with Gasteiger partial charge in [-0.1, -0.05) is 0 Å². The lowest BCUT2D eigenvalue weighted by Crippen LogP contribution is -2.41. The minimum atomic E-state index is -4.65. The number of fused-ring (bicyclic) bond motifs is 1. The summed E-state index contributed by atoms with van der Waals surface area (Å²) in [6, 6.07) is 2.99. The van der Waals surface area contributed by atoms with Crippen molar-refractivity contribution in [3.05, 3.63) is 18.0 Å². The maximum absolute atomic E-state index is 12.9. The summed E-state index contributed by atoms with van der Waals surface area (Å²) >= 11 is 0. The molecule has 8 nitrogen and oxygen atoms in total. The van der Waals surface area contributed by atoms with E-state index in [1.807, 2.05) is 0 Å². The molecule has 1 fully saturated rings. The van der Waals surface area contributed by atoms with Gasteiger partial charge in [0.25, 0.3) is 5.82 Å². The Morgan fingerprint density at radius 1 is 1.32 bits per heavy atom. The van der Waals surface area contributed by atoms with Crippen molar-refractivity contribution >= 4 is 17.4 Å². The van der Waals surface area contributed by atoms with Gasteiger partial charge in [0.2, 0.25) is 0 Å². The third-order valence-electron chi connectivity index (χ3n) is 4.26. The molecule has 3 heterocycles. The van der Waals surface area contributed by atoms with Gasteiger partial charge in [-0.25, -0.2) is 4.79 Å². The van der Waals surface area contributed by atoms with Gasteiger partial charge in [-0.2, -0.15) is 17.7 Å². The van der Waals surface area contributed by atoms with Crippen molar-refractivity contribution in [3.8, 4) is 0 Å². The number of aliphatic hydroxyl groups is 1. The third-order valence-corrected chi connectivity index (χ3v) is 4.26. The summed E-state index contributed by atoms with van der Waals surface area (Å²) in [6.07, 6.45) is -4.87. The Kier molecular flexibility index (Phi) is 4.50. The van der Waals surface area contributed by atoms with Crippen LogP contribution >= 0.6 is 0 Å². The minimum absolute atomic E-state index is 0.00655. The molecule has 136 valence electrons. The number of aromatic nitrogens is 4. The van der Waals surface area contributed by atoms with Crippen LogP contribution in [-0.4, -0.2) is 57.2 Å². The van der Waals surface area contributed by atoms with Gasteiger partial charge in [0.1, 0.15) is 5.82 Å². The highest BCUT2D eigenvalue weighted by molar-refractivity contribution is 5.74. The van der Waals surface area contributed by atoms with E-state index in [9.17, 15) is 23.1 Å². The van der Waals surface area contributed by atoms with Gasteiger partial charge in [-0.05, 0) is 30.9 Å². The minimum Gasteiger partial charge on any atom is -0.467 e. The summed E-state index contributed by atoms with van der Waals surface area (Å²) in [4.78, 5) is 13.2. The quantitative estimate of drug-likeness (QED) is 0.814. The molecule has 1 N–H and O–H groups in total. The number of esters is 1. The first-order valence-electron chi connectivity index (χ1n) is 7.61. The normalized spacial score (nSPS) is 17.7. The molecular formula is C14H16F3N5O3. The molecule has 0 aliphatic carbocycles. The summed E-state index contributed by atoms with van der Waals surface area (Å²) in [5.41, 5.74) is 0.00655. The second kappa shape index (κ2) is 6.47. The molecule has 1 saturated heterocycles. The maximum atomic E-state index is 12.9. The number of piperidine rings is 1. The van der Waals surface area contributed by atoms with E-state index in [1.54, 1.807) is 11.0 Å². The first-order valence-corrected chi connectivity index (χ1v) is 7.61. The maximum Gasteiger partial charge on any atom is 0.453 e. The van der Waals surface area contributed by atoms with Crippen LogP contribution in [0, 0.1) is 5.92 Å². The second-order valence-electron chi connectivity index (χ2n) is 5.78. The largest absolute Gasteiger partial charge is 0.467 e. The Balaban J connectivity index is 1.76. The molecule has 1 atom stereocenters. The standard InChI is InChI=1S/C14H16F3N5O3/c1-25-12(24)11(23)8-4-6-21(7-5-8)10-3-2-9-18-19-13(14(15,16)17)22(9)20-10/h2-3,8,11,23H,4-7H2,1H3. The van der Waals surface area contributed by atoms with Crippen LogP contribution in [0.25, 0.3) is 5.65 Å². The van der Waals surface area contributed by atoms with Gasteiger partial charge in [0.15, 0.2) is 11.8 Å². The summed E-state index contributed by atoms with van der Waals surface area (Å²) in [5, 5.41) is 20.5. The van der Waals surface area contributed by atoms with Gasteiger partial charge < -0.3 is 14.7 Å². The number of carbonyl (C=O) groups excluding carboxylic acids is 1. The predicted molar refractivity (Wildman–Crippen MR) is 78.7 cm³/mol. The monoisotopic (exact) mass is 359 g/mol. The highest BCUT2D eigenvalue weighted by Crippen LogP contribution is 2.29. The smallest absolute Gasteiger partial charge is 0.453 e. The van der Waals surface area contributed by atoms with E-state index in [4.69, 9.17) is 0 Å². The summed E-state index contributed by atoms with van der Waals surface area (Å²) < 4.78 is 44.0. The first kappa shape index (κ1) is 17.4. The SMILES string of the molecule is COC(=O)C(O)C1CCN(c2ccc3nnc(C(F)(F)F)n3n2)CC1. The zero-order chi connectivity index (χ0) is 18.2. The number of hydrogen-bond donors (Lipinski definition) is 1. The Morgan fingerprint density at radius 2 is 2.00 bits per heavy atom. The highest BCUT2D eigenvalue weighted by Gasteiger charge is 2.38. The molecule has 1 aliphatic rings. The number of carbonyl (C=O) groups is 1. The molecule has 2 aromatic rings. The lowest BCUT2D eigenvalue weighted by molar-refractivity contribution is -0.153. The first-order chi connectivity index (χ1) is 11.8. The van der Waals surface area contributed by atoms with Crippen molar-refractivity contribution in [2.45, 2.75) is 25.1 Å². The zero-order valence-corrected chi connectivity index (χ0v) is 13.3. The highest BCUT2D eigenvalue weighted by atomic mass is 19.4. The fraction of sp³-hybridized carbons (Fsp3) is 0.571. The number of anilines is 1. The molecule has 11 heteroatoms. The average Bonchev–Trinajstić information content (AvgIpc) is 3.04. The van der Waals surface area contributed by atoms with Crippen molar-refractivity contribution in [3.63, 3.8) is 0 Å². The van der Waals surface area contributed by atoms with E-state index >= 15 is 0 Å². The molecule has 0 aromatic carbocycles. The van der Waals surface area contributed by atoms with Crippen LogP contribution in [0.2, 0.25) is 0 Å². The number of rotatable bonds is 3. The Hall–Kier alpha value is -2.43. The number of halogens is 3. The lowest BCUT2D eigenvalue weighted by atomic mass is 9.91. The van der Waals surface area contributed by atoms with Crippen molar-refractivity contribution in [2.75, 3.05) is 25.1 Å². The van der Waals surface area contributed by atoms with Crippen molar-refractivity contribution in [2.24, 2.45) is 5.92 Å². The average molecular weight is 359 g/mol. The van der Waals surface area contributed by atoms with Crippen LogP contribution in [0.5, 0.6) is 0 Å². The number of nitrogens with zero attached hydrogens (tertiary/aromatic N) is 5. The van der Waals surface area contributed by atoms with Crippen molar-refractivity contribution in [1.82, 2.24) is 19.8 Å². The van der Waals surface area contributed by atoms with Gasteiger partial charge in [-0.15, -0.1) is 15.3 Å². The lowest BCUT2D eigenvalue weighted by Gasteiger charge is -2.33.